The largest absolute Gasteiger partial charge is 0.315 e. The van der Waals surface area contributed by atoms with E-state index in [1.807, 2.05) is 0 Å². The highest BCUT2D eigenvalue weighted by Crippen LogP contribution is 2.15. The summed E-state index contributed by atoms with van der Waals surface area (Å²) in [5.74, 6) is 0.703. The Balaban J connectivity index is 2.31. The van der Waals surface area contributed by atoms with Gasteiger partial charge in [0, 0.05) is 25.2 Å². The Morgan fingerprint density at radius 3 is 2.56 bits per heavy atom. The van der Waals surface area contributed by atoms with Gasteiger partial charge in [-0.05, 0) is 46.4 Å². The average molecular weight is 227 g/mol. The summed E-state index contributed by atoms with van der Waals surface area (Å²) in [4.78, 5) is 4.98. The van der Waals surface area contributed by atoms with Gasteiger partial charge in [-0.2, -0.15) is 0 Å². The second kappa shape index (κ2) is 6.58. The lowest BCUT2D eigenvalue weighted by atomic mass is 10.0. The van der Waals surface area contributed by atoms with Crippen LogP contribution >= 0.6 is 0 Å². The number of likely N-dealkylation sites (tertiary alicyclic amines) is 1. The summed E-state index contributed by atoms with van der Waals surface area (Å²) in [5, 5.41) is 3.41. The molecule has 1 aliphatic heterocycles. The molecule has 0 bridgehead atoms. The first kappa shape index (κ1) is 13.9. The van der Waals surface area contributed by atoms with Crippen LogP contribution in [-0.4, -0.2) is 62.7 Å². The lowest BCUT2D eigenvalue weighted by Gasteiger charge is -2.30. The van der Waals surface area contributed by atoms with Gasteiger partial charge < -0.3 is 15.1 Å². The fourth-order valence-corrected chi connectivity index (χ4v) is 2.62. The molecule has 2 unspecified atom stereocenters. The summed E-state index contributed by atoms with van der Waals surface area (Å²) >= 11 is 0. The molecule has 0 radical (unpaired) electrons. The minimum Gasteiger partial charge on any atom is -0.315 e. The topological polar surface area (TPSA) is 18.5 Å². The van der Waals surface area contributed by atoms with Gasteiger partial charge in [-0.3, -0.25) is 0 Å². The van der Waals surface area contributed by atoms with Crippen LogP contribution in [0.1, 0.15) is 26.7 Å². The third-order valence-electron chi connectivity index (χ3n) is 3.88. The van der Waals surface area contributed by atoms with Crippen molar-refractivity contribution in [1.82, 2.24) is 15.1 Å². The molecule has 2 atom stereocenters. The van der Waals surface area contributed by atoms with Crippen LogP contribution in [0.4, 0.5) is 0 Å². The Morgan fingerprint density at radius 2 is 2.12 bits per heavy atom. The molecule has 1 N–H and O–H groups in total. The molecule has 1 rings (SSSR count). The Hall–Kier alpha value is -0.120. The highest BCUT2D eigenvalue weighted by Gasteiger charge is 2.23. The van der Waals surface area contributed by atoms with Crippen LogP contribution in [0.5, 0.6) is 0 Å². The third-order valence-corrected chi connectivity index (χ3v) is 3.88. The highest BCUT2D eigenvalue weighted by atomic mass is 15.2. The first-order valence-corrected chi connectivity index (χ1v) is 6.60. The fourth-order valence-electron chi connectivity index (χ4n) is 2.62. The Labute approximate surface area is 101 Å². The van der Waals surface area contributed by atoms with Crippen molar-refractivity contribution in [2.45, 2.75) is 38.8 Å². The van der Waals surface area contributed by atoms with Crippen LogP contribution in [0.3, 0.4) is 0 Å². The minimum absolute atomic E-state index is 0.608. The molecule has 0 aliphatic carbocycles. The van der Waals surface area contributed by atoms with Gasteiger partial charge in [0.05, 0.1) is 0 Å². The zero-order valence-corrected chi connectivity index (χ0v) is 11.7. The van der Waals surface area contributed by atoms with Crippen molar-refractivity contribution >= 4 is 0 Å². The molecular formula is C13H29N3. The van der Waals surface area contributed by atoms with Crippen molar-refractivity contribution in [2.75, 3.05) is 40.8 Å². The normalized spacial score (nSPS) is 24.6. The van der Waals surface area contributed by atoms with Crippen molar-refractivity contribution in [3.8, 4) is 0 Å². The summed E-state index contributed by atoms with van der Waals surface area (Å²) in [6.07, 6.45) is 2.74. The number of nitrogens with one attached hydrogen (secondary N) is 1. The molecule has 1 aliphatic rings. The quantitative estimate of drug-likeness (QED) is 0.737. The van der Waals surface area contributed by atoms with Crippen molar-refractivity contribution in [2.24, 2.45) is 5.92 Å². The first-order valence-electron chi connectivity index (χ1n) is 6.60. The van der Waals surface area contributed by atoms with E-state index in [-0.39, 0.29) is 0 Å². The van der Waals surface area contributed by atoms with Crippen molar-refractivity contribution < 1.29 is 0 Å². The molecule has 1 fully saturated rings. The first-order chi connectivity index (χ1) is 7.54. The van der Waals surface area contributed by atoms with Gasteiger partial charge in [0.15, 0.2) is 0 Å². The molecule has 0 spiro atoms. The second-order valence-corrected chi connectivity index (χ2v) is 5.64. The van der Waals surface area contributed by atoms with Crippen molar-refractivity contribution in [3.63, 3.8) is 0 Å². The minimum atomic E-state index is 0.608. The number of rotatable bonds is 6. The van der Waals surface area contributed by atoms with E-state index in [2.05, 4.69) is 50.1 Å². The van der Waals surface area contributed by atoms with Gasteiger partial charge in [0.25, 0.3) is 0 Å². The predicted octanol–water partition coefficient (Wildman–Crippen LogP) is 1.26. The summed E-state index contributed by atoms with van der Waals surface area (Å²) in [6.45, 7) is 8.21. The van der Waals surface area contributed by atoms with E-state index < -0.39 is 0 Å². The van der Waals surface area contributed by atoms with E-state index >= 15 is 0 Å². The number of hydrogen-bond donors (Lipinski definition) is 1. The third kappa shape index (κ3) is 4.04. The summed E-state index contributed by atoms with van der Waals surface area (Å²) in [6, 6.07) is 1.38. The Bertz CT molecular complexity index is 190. The van der Waals surface area contributed by atoms with E-state index in [0.717, 1.165) is 12.6 Å². The van der Waals surface area contributed by atoms with Crippen LogP contribution in [0.15, 0.2) is 0 Å². The van der Waals surface area contributed by atoms with Gasteiger partial charge in [-0.15, -0.1) is 0 Å². The van der Waals surface area contributed by atoms with Crippen LogP contribution in [0, 0.1) is 5.92 Å². The molecular weight excluding hydrogens is 198 g/mol. The SMILES string of the molecule is CNC(CN(C)CC1CCCN1C)C(C)C. The molecule has 0 amide bonds. The summed E-state index contributed by atoms with van der Waals surface area (Å²) < 4.78 is 0. The van der Waals surface area contributed by atoms with Crippen LogP contribution in [0.2, 0.25) is 0 Å². The number of likely N-dealkylation sites (N-methyl/N-ethyl adjacent to an activating group) is 3. The molecule has 1 heterocycles. The molecule has 3 nitrogen and oxygen atoms in total. The molecule has 1 saturated heterocycles. The average Bonchev–Trinajstić information content (AvgIpc) is 2.60. The van der Waals surface area contributed by atoms with Crippen LogP contribution in [-0.2, 0) is 0 Å². The van der Waals surface area contributed by atoms with Crippen molar-refractivity contribution in [1.29, 1.82) is 0 Å². The zero-order chi connectivity index (χ0) is 12.1. The van der Waals surface area contributed by atoms with Crippen LogP contribution in [0.25, 0.3) is 0 Å². The fraction of sp³-hybridized carbons (Fsp3) is 1.00. The molecule has 0 aromatic carbocycles. The van der Waals surface area contributed by atoms with E-state index in [0.29, 0.717) is 12.0 Å². The molecule has 0 saturated carbocycles. The van der Waals surface area contributed by atoms with Crippen LogP contribution < -0.4 is 5.32 Å². The van der Waals surface area contributed by atoms with E-state index in [1.165, 1.54) is 25.9 Å². The smallest absolute Gasteiger partial charge is 0.0220 e. The Morgan fingerprint density at radius 1 is 1.44 bits per heavy atom. The Kier molecular flexibility index (Phi) is 5.73. The molecule has 96 valence electrons. The maximum Gasteiger partial charge on any atom is 0.0220 e. The molecule has 3 heteroatoms. The number of hydrogen-bond acceptors (Lipinski definition) is 3. The van der Waals surface area contributed by atoms with Gasteiger partial charge in [-0.1, -0.05) is 13.8 Å². The zero-order valence-electron chi connectivity index (χ0n) is 11.7. The molecule has 0 aromatic heterocycles. The lowest BCUT2D eigenvalue weighted by Crippen LogP contribution is -2.45. The predicted molar refractivity (Wildman–Crippen MR) is 70.8 cm³/mol. The number of nitrogens with zero attached hydrogens (tertiary/aromatic N) is 2. The monoisotopic (exact) mass is 227 g/mol. The maximum absolute atomic E-state index is 3.41. The standard InChI is InChI=1S/C13H29N3/c1-11(2)13(14-3)10-15(4)9-12-7-6-8-16(12)5/h11-14H,6-10H2,1-5H3. The maximum atomic E-state index is 3.41. The highest BCUT2D eigenvalue weighted by molar-refractivity contribution is 4.80. The second-order valence-electron chi connectivity index (χ2n) is 5.64. The van der Waals surface area contributed by atoms with E-state index in [4.69, 9.17) is 0 Å². The summed E-state index contributed by atoms with van der Waals surface area (Å²) in [5.41, 5.74) is 0. The summed E-state index contributed by atoms with van der Waals surface area (Å²) in [7, 11) is 6.57. The van der Waals surface area contributed by atoms with Gasteiger partial charge in [0.2, 0.25) is 0 Å². The van der Waals surface area contributed by atoms with Gasteiger partial charge in [0.1, 0.15) is 0 Å². The van der Waals surface area contributed by atoms with Gasteiger partial charge >= 0.3 is 0 Å². The van der Waals surface area contributed by atoms with E-state index in [1.54, 1.807) is 0 Å². The lowest BCUT2D eigenvalue weighted by molar-refractivity contribution is 0.196. The van der Waals surface area contributed by atoms with E-state index in [9.17, 15) is 0 Å². The van der Waals surface area contributed by atoms with Gasteiger partial charge in [-0.25, -0.2) is 0 Å². The molecule has 0 aromatic rings. The van der Waals surface area contributed by atoms with Crippen molar-refractivity contribution in [3.05, 3.63) is 0 Å². The molecule has 16 heavy (non-hydrogen) atoms.